The van der Waals surface area contributed by atoms with Crippen LogP contribution in [0.5, 0.6) is 0 Å². The smallest absolute Gasteiger partial charge is 0.382 e. The highest BCUT2D eigenvalue weighted by Crippen LogP contribution is 2.30. The number of hydrogen-bond acceptors (Lipinski definition) is 1. The highest BCUT2D eigenvalue weighted by molar-refractivity contribution is 5.54. The summed E-state index contributed by atoms with van der Waals surface area (Å²) in [5.41, 5.74) is 2.79. The quantitative estimate of drug-likeness (QED) is 0.847. The molecule has 3 rings (SSSR count). The summed E-state index contributed by atoms with van der Waals surface area (Å²) >= 11 is 0. The van der Waals surface area contributed by atoms with Crippen LogP contribution in [0.25, 0.3) is 0 Å². The van der Waals surface area contributed by atoms with E-state index < -0.39 is 11.7 Å². The van der Waals surface area contributed by atoms with Crippen LogP contribution in [0.4, 0.5) is 18.9 Å². The molecule has 1 aliphatic heterocycles. The third-order valence-electron chi connectivity index (χ3n) is 3.90. The first-order valence-electron chi connectivity index (χ1n) is 7.03. The van der Waals surface area contributed by atoms with Crippen molar-refractivity contribution in [3.63, 3.8) is 0 Å². The standard InChI is InChI=1S/C17H16F3N/c18-17(19,20)14-8-5-12(6-9-14)11-15-10-7-13-3-1-2-4-16(13)21-15/h1-6,8-9,15,21H,7,10-11H2/t15-/m1/s1. The minimum atomic E-state index is -4.26. The Balaban J connectivity index is 1.68. The average Bonchev–Trinajstić information content (AvgIpc) is 2.47. The number of aryl methyl sites for hydroxylation is 1. The number of alkyl halides is 3. The monoisotopic (exact) mass is 291 g/mol. The lowest BCUT2D eigenvalue weighted by Gasteiger charge is -2.27. The van der Waals surface area contributed by atoms with Crippen molar-refractivity contribution in [2.75, 3.05) is 5.32 Å². The number of fused-ring (bicyclic) bond motifs is 1. The van der Waals surface area contributed by atoms with Gasteiger partial charge in [-0.3, -0.25) is 0 Å². The maximum Gasteiger partial charge on any atom is 0.416 e. The summed E-state index contributed by atoms with van der Waals surface area (Å²) in [5.74, 6) is 0. The van der Waals surface area contributed by atoms with Crippen molar-refractivity contribution in [2.45, 2.75) is 31.5 Å². The molecule has 2 aromatic carbocycles. The molecule has 0 radical (unpaired) electrons. The fourth-order valence-corrected chi connectivity index (χ4v) is 2.77. The predicted molar refractivity (Wildman–Crippen MR) is 77.3 cm³/mol. The fourth-order valence-electron chi connectivity index (χ4n) is 2.77. The molecule has 0 amide bonds. The molecule has 0 saturated heterocycles. The van der Waals surface area contributed by atoms with Crippen molar-refractivity contribution in [2.24, 2.45) is 0 Å². The van der Waals surface area contributed by atoms with Gasteiger partial charge >= 0.3 is 6.18 Å². The SMILES string of the molecule is FC(F)(F)c1ccc(C[C@H]2CCc3ccccc3N2)cc1. The van der Waals surface area contributed by atoms with Crippen molar-refractivity contribution in [1.82, 2.24) is 0 Å². The third-order valence-corrected chi connectivity index (χ3v) is 3.90. The molecule has 21 heavy (non-hydrogen) atoms. The highest BCUT2D eigenvalue weighted by Gasteiger charge is 2.30. The molecule has 4 heteroatoms. The molecule has 2 aromatic rings. The van der Waals surface area contributed by atoms with E-state index in [0.717, 1.165) is 42.6 Å². The molecule has 0 aromatic heterocycles. The van der Waals surface area contributed by atoms with Crippen LogP contribution in [-0.4, -0.2) is 6.04 Å². The Kier molecular flexibility index (Phi) is 3.62. The number of benzene rings is 2. The van der Waals surface area contributed by atoms with Gasteiger partial charge in [0, 0.05) is 11.7 Å². The van der Waals surface area contributed by atoms with E-state index >= 15 is 0 Å². The highest BCUT2D eigenvalue weighted by atomic mass is 19.4. The summed E-state index contributed by atoms with van der Waals surface area (Å²) in [6.45, 7) is 0. The molecule has 0 aliphatic carbocycles. The van der Waals surface area contributed by atoms with Gasteiger partial charge in [-0.05, 0) is 48.6 Å². The summed E-state index contributed by atoms with van der Waals surface area (Å²) in [5, 5.41) is 3.47. The maximum absolute atomic E-state index is 12.5. The van der Waals surface area contributed by atoms with E-state index in [2.05, 4.69) is 11.4 Å². The van der Waals surface area contributed by atoms with Crippen LogP contribution < -0.4 is 5.32 Å². The maximum atomic E-state index is 12.5. The third kappa shape index (κ3) is 3.20. The Hall–Kier alpha value is -1.97. The van der Waals surface area contributed by atoms with E-state index in [-0.39, 0.29) is 6.04 Å². The second-order valence-corrected chi connectivity index (χ2v) is 5.44. The fraction of sp³-hybridized carbons (Fsp3) is 0.294. The molecule has 1 N–H and O–H groups in total. The number of rotatable bonds is 2. The molecule has 0 fully saturated rings. The van der Waals surface area contributed by atoms with Gasteiger partial charge in [0.05, 0.1) is 5.56 Å². The van der Waals surface area contributed by atoms with Crippen molar-refractivity contribution in [3.8, 4) is 0 Å². The van der Waals surface area contributed by atoms with Crippen LogP contribution in [-0.2, 0) is 19.0 Å². The lowest BCUT2D eigenvalue weighted by atomic mass is 9.93. The summed E-state index contributed by atoms with van der Waals surface area (Å²) < 4.78 is 37.6. The van der Waals surface area contributed by atoms with Gasteiger partial charge < -0.3 is 5.32 Å². The molecule has 110 valence electrons. The molecular formula is C17H16F3N. The molecule has 1 atom stereocenters. The number of anilines is 1. The average molecular weight is 291 g/mol. The predicted octanol–water partition coefficient (Wildman–Crippen LogP) is 4.67. The van der Waals surface area contributed by atoms with Gasteiger partial charge in [0.15, 0.2) is 0 Å². The van der Waals surface area contributed by atoms with Crippen molar-refractivity contribution in [1.29, 1.82) is 0 Å². The molecule has 0 spiro atoms. The summed E-state index contributed by atoms with van der Waals surface area (Å²) in [6, 6.07) is 13.9. The molecular weight excluding hydrogens is 275 g/mol. The van der Waals surface area contributed by atoms with E-state index in [1.165, 1.54) is 5.56 Å². The minimum absolute atomic E-state index is 0.275. The first kappa shape index (κ1) is 14.0. The zero-order valence-corrected chi connectivity index (χ0v) is 11.5. The van der Waals surface area contributed by atoms with Crippen LogP contribution in [0, 0.1) is 0 Å². The van der Waals surface area contributed by atoms with Gasteiger partial charge in [0.25, 0.3) is 0 Å². The van der Waals surface area contributed by atoms with Gasteiger partial charge in [-0.25, -0.2) is 0 Å². The van der Waals surface area contributed by atoms with Gasteiger partial charge in [0.1, 0.15) is 0 Å². The first-order valence-corrected chi connectivity index (χ1v) is 7.03. The van der Waals surface area contributed by atoms with Gasteiger partial charge in [-0.2, -0.15) is 13.2 Å². The normalized spacial score (nSPS) is 18.0. The first-order chi connectivity index (χ1) is 10.0. The number of hydrogen-bond donors (Lipinski definition) is 1. The second kappa shape index (κ2) is 5.43. The van der Waals surface area contributed by atoms with Crippen LogP contribution >= 0.6 is 0 Å². The van der Waals surface area contributed by atoms with E-state index in [4.69, 9.17) is 0 Å². The van der Waals surface area contributed by atoms with E-state index in [0.29, 0.717) is 0 Å². The van der Waals surface area contributed by atoms with Crippen LogP contribution in [0.2, 0.25) is 0 Å². The molecule has 1 heterocycles. The molecule has 0 saturated carbocycles. The Bertz CT molecular complexity index is 617. The Labute approximate surface area is 121 Å². The van der Waals surface area contributed by atoms with Crippen molar-refractivity contribution in [3.05, 3.63) is 65.2 Å². The second-order valence-electron chi connectivity index (χ2n) is 5.44. The molecule has 1 aliphatic rings. The Morgan fingerprint density at radius 2 is 1.71 bits per heavy atom. The van der Waals surface area contributed by atoms with Gasteiger partial charge in [-0.1, -0.05) is 30.3 Å². The van der Waals surface area contributed by atoms with Crippen molar-refractivity contribution >= 4 is 5.69 Å². The molecule has 1 nitrogen and oxygen atoms in total. The summed E-state index contributed by atoms with van der Waals surface area (Å²) in [7, 11) is 0. The lowest BCUT2D eigenvalue weighted by Crippen LogP contribution is -2.27. The summed E-state index contributed by atoms with van der Waals surface area (Å²) in [4.78, 5) is 0. The zero-order chi connectivity index (χ0) is 14.9. The topological polar surface area (TPSA) is 12.0 Å². The van der Waals surface area contributed by atoms with Crippen molar-refractivity contribution < 1.29 is 13.2 Å². The van der Waals surface area contributed by atoms with E-state index in [1.54, 1.807) is 12.1 Å². The van der Waals surface area contributed by atoms with Crippen LogP contribution in [0.3, 0.4) is 0 Å². The van der Waals surface area contributed by atoms with Crippen LogP contribution in [0.15, 0.2) is 48.5 Å². The number of nitrogens with one attached hydrogen (secondary N) is 1. The van der Waals surface area contributed by atoms with Crippen LogP contribution in [0.1, 0.15) is 23.1 Å². The summed E-state index contributed by atoms with van der Waals surface area (Å²) in [6.07, 6.45) is -1.51. The minimum Gasteiger partial charge on any atom is -0.382 e. The number of halogens is 3. The lowest BCUT2D eigenvalue weighted by molar-refractivity contribution is -0.137. The number of para-hydroxylation sites is 1. The molecule has 0 unspecified atom stereocenters. The van der Waals surface area contributed by atoms with E-state index in [9.17, 15) is 13.2 Å². The zero-order valence-electron chi connectivity index (χ0n) is 11.5. The molecule has 0 bridgehead atoms. The van der Waals surface area contributed by atoms with E-state index in [1.807, 2.05) is 18.2 Å². The van der Waals surface area contributed by atoms with Gasteiger partial charge in [-0.15, -0.1) is 0 Å². The van der Waals surface area contributed by atoms with Gasteiger partial charge in [0.2, 0.25) is 0 Å². The Morgan fingerprint density at radius 1 is 1.00 bits per heavy atom. The Morgan fingerprint density at radius 3 is 2.43 bits per heavy atom. The largest absolute Gasteiger partial charge is 0.416 e.